The molecular weight excluding hydrogens is 258 g/mol. The van der Waals surface area contributed by atoms with E-state index in [2.05, 4.69) is 67.7 Å². The summed E-state index contributed by atoms with van der Waals surface area (Å²) in [6, 6.07) is 17.2. The molecule has 3 rings (SSSR count). The maximum absolute atomic E-state index is 6.06. The largest absolute Gasteiger partial charge is 0.493 e. The van der Waals surface area contributed by atoms with E-state index in [1.54, 1.807) is 0 Å². The summed E-state index contributed by atoms with van der Waals surface area (Å²) in [7, 11) is 0. The number of hydrogen-bond acceptors (Lipinski definition) is 2. The minimum absolute atomic E-state index is 0.535. The first-order valence-electron chi connectivity index (χ1n) is 7.69. The summed E-state index contributed by atoms with van der Waals surface area (Å²) in [5, 5.41) is 3.50. The van der Waals surface area contributed by atoms with Crippen molar-refractivity contribution in [1.82, 2.24) is 5.32 Å². The van der Waals surface area contributed by atoms with E-state index >= 15 is 0 Å². The van der Waals surface area contributed by atoms with Crippen LogP contribution in [0.5, 0.6) is 5.75 Å². The molecule has 0 aromatic heterocycles. The number of rotatable bonds is 4. The Bertz CT molecular complexity index is 574. The molecule has 1 aliphatic heterocycles. The first-order chi connectivity index (χ1) is 10.2. The van der Waals surface area contributed by atoms with E-state index in [1.807, 2.05) is 0 Å². The lowest BCUT2D eigenvalue weighted by atomic mass is 9.89. The van der Waals surface area contributed by atoms with Crippen molar-refractivity contribution in [2.45, 2.75) is 19.8 Å². The molecule has 2 aromatic carbocycles. The fourth-order valence-electron chi connectivity index (χ4n) is 3.22. The number of benzene rings is 2. The molecule has 110 valence electrons. The molecule has 2 heteroatoms. The summed E-state index contributed by atoms with van der Waals surface area (Å²) in [6.07, 6.45) is 0. The lowest BCUT2D eigenvalue weighted by Crippen LogP contribution is -2.19. The minimum atomic E-state index is 0.535. The van der Waals surface area contributed by atoms with Crippen LogP contribution in [-0.4, -0.2) is 19.7 Å². The standard InChI is InChI=1S/C19H23NO/c1-14-8-15(2)10-18(9-14)21-13-17-11-20-12-19(17)16-6-4-3-5-7-16/h3-10,17,19-20H,11-13H2,1-2H3/t17-,19-/m1/s1. The molecule has 2 nitrogen and oxygen atoms in total. The highest BCUT2D eigenvalue weighted by atomic mass is 16.5. The zero-order chi connectivity index (χ0) is 14.7. The summed E-state index contributed by atoms with van der Waals surface area (Å²) < 4.78 is 6.06. The van der Waals surface area contributed by atoms with Gasteiger partial charge in [-0.25, -0.2) is 0 Å². The molecule has 1 N–H and O–H groups in total. The lowest BCUT2D eigenvalue weighted by Gasteiger charge is -2.19. The normalized spacial score (nSPS) is 21.4. The van der Waals surface area contributed by atoms with Crippen LogP contribution in [0, 0.1) is 19.8 Å². The van der Waals surface area contributed by atoms with Gasteiger partial charge in [0.2, 0.25) is 0 Å². The van der Waals surface area contributed by atoms with Crippen molar-refractivity contribution in [2.75, 3.05) is 19.7 Å². The number of nitrogens with one attached hydrogen (secondary N) is 1. The third-order valence-electron chi connectivity index (χ3n) is 4.23. The maximum Gasteiger partial charge on any atom is 0.119 e. The Morgan fingerprint density at radius 3 is 2.43 bits per heavy atom. The second-order valence-electron chi connectivity index (χ2n) is 6.07. The van der Waals surface area contributed by atoms with Crippen molar-refractivity contribution in [3.63, 3.8) is 0 Å². The van der Waals surface area contributed by atoms with Gasteiger partial charge in [-0.05, 0) is 42.7 Å². The molecule has 0 bridgehead atoms. The van der Waals surface area contributed by atoms with Crippen LogP contribution in [-0.2, 0) is 0 Å². The lowest BCUT2D eigenvalue weighted by molar-refractivity contribution is 0.248. The van der Waals surface area contributed by atoms with Gasteiger partial charge in [0, 0.05) is 24.9 Å². The van der Waals surface area contributed by atoms with Gasteiger partial charge in [-0.2, -0.15) is 0 Å². The average Bonchev–Trinajstić information content (AvgIpc) is 2.93. The number of hydrogen-bond donors (Lipinski definition) is 1. The van der Waals surface area contributed by atoms with Crippen LogP contribution in [0.25, 0.3) is 0 Å². The van der Waals surface area contributed by atoms with Crippen molar-refractivity contribution in [1.29, 1.82) is 0 Å². The average molecular weight is 281 g/mol. The Kier molecular flexibility index (Phi) is 4.26. The maximum atomic E-state index is 6.06. The Hall–Kier alpha value is -1.80. The predicted molar refractivity (Wildman–Crippen MR) is 87.0 cm³/mol. The minimum Gasteiger partial charge on any atom is -0.493 e. The molecule has 0 unspecified atom stereocenters. The predicted octanol–water partition coefficient (Wildman–Crippen LogP) is 3.69. The molecule has 0 spiro atoms. The van der Waals surface area contributed by atoms with Gasteiger partial charge in [0.05, 0.1) is 6.61 Å². The van der Waals surface area contributed by atoms with Gasteiger partial charge in [0.1, 0.15) is 5.75 Å². The summed E-state index contributed by atoms with van der Waals surface area (Å²) >= 11 is 0. The first kappa shape index (κ1) is 14.2. The quantitative estimate of drug-likeness (QED) is 0.923. The van der Waals surface area contributed by atoms with Crippen molar-refractivity contribution < 1.29 is 4.74 Å². The van der Waals surface area contributed by atoms with E-state index in [-0.39, 0.29) is 0 Å². The van der Waals surface area contributed by atoms with Crippen LogP contribution in [0.1, 0.15) is 22.6 Å². The van der Waals surface area contributed by atoms with Crippen molar-refractivity contribution in [3.8, 4) is 5.75 Å². The first-order valence-corrected chi connectivity index (χ1v) is 7.69. The van der Waals surface area contributed by atoms with Crippen LogP contribution in [0.3, 0.4) is 0 Å². The van der Waals surface area contributed by atoms with Gasteiger partial charge in [-0.1, -0.05) is 36.4 Å². The highest BCUT2D eigenvalue weighted by Crippen LogP contribution is 2.29. The summed E-state index contributed by atoms with van der Waals surface area (Å²) in [5.41, 5.74) is 3.93. The Morgan fingerprint density at radius 1 is 1.00 bits per heavy atom. The van der Waals surface area contributed by atoms with E-state index in [0.717, 1.165) is 25.4 Å². The molecule has 1 saturated heterocycles. The van der Waals surface area contributed by atoms with Gasteiger partial charge >= 0.3 is 0 Å². The topological polar surface area (TPSA) is 21.3 Å². The smallest absolute Gasteiger partial charge is 0.119 e. The molecule has 0 aliphatic carbocycles. The SMILES string of the molecule is Cc1cc(C)cc(OC[C@H]2CNC[C@@H]2c2ccccc2)c1. The number of aryl methyl sites for hydroxylation is 2. The van der Waals surface area contributed by atoms with E-state index in [4.69, 9.17) is 4.74 Å². The fourth-order valence-corrected chi connectivity index (χ4v) is 3.22. The van der Waals surface area contributed by atoms with Gasteiger partial charge < -0.3 is 10.1 Å². The van der Waals surface area contributed by atoms with Gasteiger partial charge in [-0.15, -0.1) is 0 Å². The third-order valence-corrected chi connectivity index (χ3v) is 4.23. The molecule has 1 fully saturated rings. The van der Waals surface area contributed by atoms with Gasteiger partial charge in [0.25, 0.3) is 0 Å². The summed E-state index contributed by atoms with van der Waals surface area (Å²) in [6.45, 7) is 7.08. The third kappa shape index (κ3) is 3.45. The monoisotopic (exact) mass is 281 g/mol. The molecule has 1 heterocycles. The van der Waals surface area contributed by atoms with Crippen LogP contribution >= 0.6 is 0 Å². The molecular formula is C19H23NO. The van der Waals surface area contributed by atoms with Crippen molar-refractivity contribution in [2.24, 2.45) is 5.92 Å². The van der Waals surface area contributed by atoms with Crippen molar-refractivity contribution in [3.05, 3.63) is 65.2 Å². The van der Waals surface area contributed by atoms with Gasteiger partial charge in [0.15, 0.2) is 0 Å². The Labute approximate surface area is 127 Å². The Balaban J connectivity index is 1.67. The molecule has 2 aromatic rings. The number of ether oxygens (including phenoxy) is 1. The van der Waals surface area contributed by atoms with Crippen LogP contribution < -0.4 is 10.1 Å². The van der Waals surface area contributed by atoms with Crippen LogP contribution in [0.15, 0.2) is 48.5 Å². The molecule has 21 heavy (non-hydrogen) atoms. The van der Waals surface area contributed by atoms with Gasteiger partial charge in [-0.3, -0.25) is 0 Å². The summed E-state index contributed by atoms with van der Waals surface area (Å²) in [5.74, 6) is 2.08. The zero-order valence-corrected chi connectivity index (χ0v) is 12.8. The highest BCUT2D eigenvalue weighted by molar-refractivity contribution is 5.33. The summed E-state index contributed by atoms with van der Waals surface area (Å²) in [4.78, 5) is 0. The molecule has 2 atom stereocenters. The second-order valence-corrected chi connectivity index (χ2v) is 6.07. The van der Waals surface area contributed by atoms with Crippen LogP contribution in [0.4, 0.5) is 0 Å². The van der Waals surface area contributed by atoms with Crippen LogP contribution in [0.2, 0.25) is 0 Å². The molecule has 0 amide bonds. The molecule has 0 radical (unpaired) electrons. The molecule has 1 aliphatic rings. The second kappa shape index (κ2) is 6.31. The zero-order valence-electron chi connectivity index (χ0n) is 12.8. The highest BCUT2D eigenvalue weighted by Gasteiger charge is 2.28. The molecule has 0 saturated carbocycles. The van der Waals surface area contributed by atoms with Crippen molar-refractivity contribution >= 4 is 0 Å². The van der Waals surface area contributed by atoms with E-state index < -0.39 is 0 Å². The fraction of sp³-hybridized carbons (Fsp3) is 0.368. The van der Waals surface area contributed by atoms with E-state index in [9.17, 15) is 0 Å². The van der Waals surface area contributed by atoms with E-state index in [0.29, 0.717) is 11.8 Å². The van der Waals surface area contributed by atoms with E-state index in [1.165, 1.54) is 16.7 Å². The Morgan fingerprint density at radius 2 is 1.71 bits per heavy atom.